The molecule has 0 bridgehead atoms. The molecule has 0 fully saturated rings. The van der Waals surface area contributed by atoms with Crippen LogP contribution in [-0.2, 0) is 17.9 Å². The molecule has 0 spiro atoms. The number of aromatic nitrogens is 2. The van der Waals surface area contributed by atoms with Crippen LogP contribution in [0.1, 0.15) is 11.1 Å². The van der Waals surface area contributed by atoms with Gasteiger partial charge in [0.05, 0.1) is 11.1 Å². The van der Waals surface area contributed by atoms with Crippen LogP contribution in [0.25, 0.3) is 0 Å². The van der Waals surface area contributed by atoms with E-state index in [4.69, 9.17) is 16.3 Å². The fraction of sp³-hybridized carbons (Fsp3) is 0.105. The van der Waals surface area contributed by atoms with Gasteiger partial charge >= 0.3 is 5.69 Å². The summed E-state index contributed by atoms with van der Waals surface area (Å²) in [5, 5.41) is 18.9. The number of nitrogens with zero attached hydrogens (tertiary/aromatic N) is 4. The Bertz CT molecular complexity index is 1030. The summed E-state index contributed by atoms with van der Waals surface area (Å²) in [5.74, 6) is 0.188. The van der Waals surface area contributed by atoms with Gasteiger partial charge in [0, 0.05) is 5.02 Å². The minimum atomic E-state index is -0.582. The molecular weight excluding hydrogens is 398 g/mol. The van der Waals surface area contributed by atoms with Crippen molar-refractivity contribution in [2.24, 2.45) is 5.10 Å². The number of benzene rings is 2. The monoisotopic (exact) mass is 413 g/mol. The molecule has 9 nitrogen and oxygen atoms in total. The summed E-state index contributed by atoms with van der Waals surface area (Å²) in [6.07, 6.45) is 3.72. The highest BCUT2D eigenvalue weighted by Crippen LogP contribution is 2.15. The number of nitrogens with one attached hydrogen (secondary N) is 1. The predicted molar refractivity (Wildman–Crippen MR) is 107 cm³/mol. The first-order chi connectivity index (χ1) is 14.0. The average molecular weight is 414 g/mol. The maximum Gasteiger partial charge on any atom is 0.307 e. The van der Waals surface area contributed by atoms with E-state index in [1.165, 1.54) is 12.4 Å². The van der Waals surface area contributed by atoms with Crippen LogP contribution in [-0.4, -0.2) is 26.8 Å². The van der Waals surface area contributed by atoms with Crippen molar-refractivity contribution in [2.75, 3.05) is 0 Å². The first-order valence-corrected chi connectivity index (χ1v) is 8.83. The van der Waals surface area contributed by atoms with Gasteiger partial charge in [0.15, 0.2) is 0 Å². The zero-order chi connectivity index (χ0) is 20.6. The smallest absolute Gasteiger partial charge is 0.307 e. The lowest BCUT2D eigenvalue weighted by molar-refractivity contribution is -0.385. The first-order valence-electron chi connectivity index (χ1n) is 8.45. The molecule has 0 aliphatic rings. The van der Waals surface area contributed by atoms with Crippen molar-refractivity contribution in [1.29, 1.82) is 0 Å². The molecule has 0 unspecified atom stereocenters. The largest absolute Gasteiger partial charge is 0.489 e. The lowest BCUT2D eigenvalue weighted by atomic mass is 10.2. The van der Waals surface area contributed by atoms with Crippen molar-refractivity contribution in [3.8, 4) is 5.75 Å². The van der Waals surface area contributed by atoms with E-state index in [1.807, 2.05) is 30.3 Å². The number of halogens is 1. The van der Waals surface area contributed by atoms with Gasteiger partial charge in [-0.3, -0.25) is 19.6 Å². The third-order valence-electron chi connectivity index (χ3n) is 3.72. The molecule has 10 heteroatoms. The highest BCUT2D eigenvalue weighted by molar-refractivity contribution is 6.30. The number of nitro groups is 1. The van der Waals surface area contributed by atoms with Gasteiger partial charge in [-0.2, -0.15) is 10.2 Å². The molecule has 1 aromatic heterocycles. The van der Waals surface area contributed by atoms with E-state index >= 15 is 0 Å². The van der Waals surface area contributed by atoms with Crippen molar-refractivity contribution in [3.05, 3.63) is 87.2 Å². The number of hydrogen-bond donors (Lipinski definition) is 1. The maximum absolute atomic E-state index is 11.8. The number of amides is 1. The number of carbonyl (C=O) groups excluding carboxylic acids is 1. The summed E-state index contributed by atoms with van der Waals surface area (Å²) in [4.78, 5) is 21.9. The lowest BCUT2D eigenvalue weighted by Gasteiger charge is -2.07. The quantitative estimate of drug-likeness (QED) is 0.346. The predicted octanol–water partition coefficient (Wildman–Crippen LogP) is 3.17. The lowest BCUT2D eigenvalue weighted by Crippen LogP contribution is -2.23. The third-order valence-corrected chi connectivity index (χ3v) is 3.97. The van der Waals surface area contributed by atoms with Crippen LogP contribution >= 0.6 is 11.6 Å². The van der Waals surface area contributed by atoms with Crippen LogP contribution in [0, 0.1) is 10.1 Å². The molecular formula is C19H16ClN5O4. The van der Waals surface area contributed by atoms with Crippen LogP contribution in [0.3, 0.4) is 0 Å². The van der Waals surface area contributed by atoms with Gasteiger partial charge in [-0.15, -0.1) is 0 Å². The highest BCUT2D eigenvalue weighted by atomic mass is 35.5. The number of rotatable bonds is 8. The Morgan fingerprint density at radius 2 is 2.10 bits per heavy atom. The van der Waals surface area contributed by atoms with Crippen molar-refractivity contribution in [3.63, 3.8) is 0 Å². The Labute approximate surface area is 170 Å². The second-order valence-electron chi connectivity index (χ2n) is 5.93. The molecule has 0 saturated heterocycles. The van der Waals surface area contributed by atoms with Gasteiger partial charge < -0.3 is 4.74 Å². The Morgan fingerprint density at radius 3 is 2.83 bits per heavy atom. The zero-order valence-corrected chi connectivity index (χ0v) is 15.8. The summed E-state index contributed by atoms with van der Waals surface area (Å²) >= 11 is 5.86. The standard InChI is InChI=1S/C19H16ClN5O4/c20-16-6-4-14(5-7-16)13-29-18-3-1-2-15(8-18)9-21-23-19(26)12-24-11-17(10-22-24)25(27)28/h1-11H,12-13H2,(H,23,26)/b21-9+. The molecule has 0 atom stereocenters. The third kappa shape index (κ3) is 6.15. The fourth-order valence-electron chi connectivity index (χ4n) is 2.33. The molecule has 3 aromatic rings. The molecule has 1 amide bonds. The summed E-state index contributed by atoms with van der Waals surface area (Å²) in [6, 6.07) is 14.6. The summed E-state index contributed by atoms with van der Waals surface area (Å²) in [6.45, 7) is 0.208. The molecule has 1 N–H and O–H groups in total. The Morgan fingerprint density at radius 1 is 1.31 bits per heavy atom. The van der Waals surface area contributed by atoms with Crippen LogP contribution in [0.4, 0.5) is 5.69 Å². The van der Waals surface area contributed by atoms with Crippen molar-refractivity contribution < 1.29 is 14.5 Å². The minimum Gasteiger partial charge on any atom is -0.489 e. The van der Waals surface area contributed by atoms with Gasteiger partial charge in [0.1, 0.15) is 31.3 Å². The molecule has 29 heavy (non-hydrogen) atoms. The summed E-state index contributed by atoms with van der Waals surface area (Å²) in [7, 11) is 0. The normalized spacial score (nSPS) is 10.8. The first kappa shape index (κ1) is 20.0. The van der Waals surface area contributed by atoms with Crippen molar-refractivity contribution >= 4 is 29.4 Å². The molecule has 1 heterocycles. The maximum atomic E-state index is 11.8. The number of hydrogen-bond acceptors (Lipinski definition) is 6. The van der Waals surface area contributed by atoms with E-state index in [-0.39, 0.29) is 12.2 Å². The Balaban J connectivity index is 1.50. The number of carbonyl (C=O) groups is 1. The topological polar surface area (TPSA) is 112 Å². The summed E-state index contributed by atoms with van der Waals surface area (Å²) < 4.78 is 6.90. The molecule has 0 aliphatic carbocycles. The van der Waals surface area contributed by atoms with E-state index in [2.05, 4.69) is 15.6 Å². The fourth-order valence-corrected chi connectivity index (χ4v) is 2.45. The Kier molecular flexibility index (Phi) is 6.54. The number of ether oxygens (including phenoxy) is 1. The van der Waals surface area contributed by atoms with Crippen molar-refractivity contribution in [1.82, 2.24) is 15.2 Å². The van der Waals surface area contributed by atoms with Crippen molar-refractivity contribution in [2.45, 2.75) is 13.2 Å². The van der Waals surface area contributed by atoms with Crippen LogP contribution in [0.2, 0.25) is 5.02 Å². The van der Waals surface area contributed by atoms with Gasteiger partial charge in [0.2, 0.25) is 0 Å². The molecule has 0 saturated carbocycles. The van der Waals surface area contributed by atoms with Crippen LogP contribution in [0.5, 0.6) is 5.75 Å². The average Bonchev–Trinajstić information content (AvgIpc) is 3.17. The van der Waals surface area contributed by atoms with E-state index < -0.39 is 10.8 Å². The summed E-state index contributed by atoms with van der Waals surface area (Å²) in [5.41, 5.74) is 3.88. The molecule has 0 aliphatic heterocycles. The molecule has 148 valence electrons. The minimum absolute atomic E-state index is 0.184. The van der Waals surface area contributed by atoms with Gasteiger partial charge in [-0.05, 0) is 35.4 Å². The molecule has 0 radical (unpaired) electrons. The zero-order valence-electron chi connectivity index (χ0n) is 15.1. The highest BCUT2D eigenvalue weighted by Gasteiger charge is 2.10. The SMILES string of the molecule is O=C(Cn1cc([N+](=O)[O-])cn1)N/N=C/c1cccc(OCc2ccc(Cl)cc2)c1. The van der Waals surface area contributed by atoms with E-state index in [9.17, 15) is 14.9 Å². The van der Waals surface area contributed by atoms with E-state index in [0.29, 0.717) is 17.4 Å². The van der Waals surface area contributed by atoms with Crippen LogP contribution < -0.4 is 10.2 Å². The second kappa shape index (κ2) is 9.47. The molecule has 3 rings (SSSR count). The van der Waals surface area contributed by atoms with Gasteiger partial charge in [-0.1, -0.05) is 35.9 Å². The van der Waals surface area contributed by atoms with E-state index in [0.717, 1.165) is 22.0 Å². The number of hydrazone groups is 1. The Hall–Kier alpha value is -3.72. The van der Waals surface area contributed by atoms with Gasteiger partial charge in [0.25, 0.3) is 5.91 Å². The van der Waals surface area contributed by atoms with Gasteiger partial charge in [-0.25, -0.2) is 5.43 Å². The second-order valence-corrected chi connectivity index (χ2v) is 6.37. The molecule has 2 aromatic carbocycles. The van der Waals surface area contributed by atoms with Crippen LogP contribution in [0.15, 0.2) is 66.0 Å². The van der Waals surface area contributed by atoms with E-state index in [1.54, 1.807) is 18.2 Å².